The van der Waals surface area contributed by atoms with Crippen LogP contribution in [0.2, 0.25) is 0 Å². The molecule has 156 valence electrons. The van der Waals surface area contributed by atoms with Crippen LogP contribution in [0.1, 0.15) is 24.2 Å². The SMILES string of the molecule is CCOc1ccc(-c2cc(C(=O)Nc3ccccc3OCC)c3ccccc3n2)cc1. The fraction of sp³-hybridized carbons (Fsp3) is 0.154. The molecule has 0 spiro atoms. The molecule has 0 aliphatic carbocycles. The number of nitrogens with one attached hydrogen (secondary N) is 1. The van der Waals surface area contributed by atoms with E-state index in [1.807, 2.05) is 92.7 Å². The molecule has 5 heteroatoms. The summed E-state index contributed by atoms with van der Waals surface area (Å²) in [7, 11) is 0. The van der Waals surface area contributed by atoms with Gasteiger partial charge in [0.1, 0.15) is 11.5 Å². The molecule has 0 atom stereocenters. The molecule has 1 N–H and O–H groups in total. The zero-order chi connectivity index (χ0) is 21.6. The van der Waals surface area contributed by atoms with Crippen molar-refractivity contribution in [2.75, 3.05) is 18.5 Å². The zero-order valence-corrected chi connectivity index (χ0v) is 17.6. The lowest BCUT2D eigenvalue weighted by Gasteiger charge is -2.13. The molecule has 1 heterocycles. The van der Waals surface area contributed by atoms with Gasteiger partial charge in [0.2, 0.25) is 0 Å². The van der Waals surface area contributed by atoms with Crippen LogP contribution in [0.3, 0.4) is 0 Å². The largest absolute Gasteiger partial charge is 0.494 e. The minimum atomic E-state index is -0.210. The third kappa shape index (κ3) is 4.51. The van der Waals surface area contributed by atoms with Gasteiger partial charge in [-0.3, -0.25) is 4.79 Å². The lowest BCUT2D eigenvalue weighted by atomic mass is 10.0. The van der Waals surface area contributed by atoms with Gasteiger partial charge in [-0.15, -0.1) is 0 Å². The number of aromatic nitrogens is 1. The van der Waals surface area contributed by atoms with Gasteiger partial charge in [0.25, 0.3) is 5.91 Å². The van der Waals surface area contributed by atoms with Gasteiger partial charge >= 0.3 is 0 Å². The average molecular weight is 412 g/mol. The summed E-state index contributed by atoms with van der Waals surface area (Å²) >= 11 is 0. The molecule has 5 nitrogen and oxygen atoms in total. The molecule has 0 aliphatic heterocycles. The molecule has 0 saturated carbocycles. The molecule has 0 fully saturated rings. The topological polar surface area (TPSA) is 60.5 Å². The van der Waals surface area contributed by atoms with Crippen LogP contribution >= 0.6 is 0 Å². The Kier molecular flexibility index (Phi) is 6.13. The van der Waals surface area contributed by atoms with Crippen LogP contribution in [0.4, 0.5) is 5.69 Å². The molecule has 0 bridgehead atoms. The van der Waals surface area contributed by atoms with Crippen LogP contribution in [-0.4, -0.2) is 24.1 Å². The highest BCUT2D eigenvalue weighted by Gasteiger charge is 2.16. The molecular formula is C26H24N2O3. The van der Waals surface area contributed by atoms with Crippen molar-refractivity contribution in [1.82, 2.24) is 4.98 Å². The predicted molar refractivity (Wildman–Crippen MR) is 124 cm³/mol. The molecule has 0 radical (unpaired) electrons. The van der Waals surface area contributed by atoms with Crippen molar-refractivity contribution in [2.24, 2.45) is 0 Å². The first-order chi connectivity index (χ1) is 15.2. The van der Waals surface area contributed by atoms with Crippen LogP contribution < -0.4 is 14.8 Å². The summed E-state index contributed by atoms with van der Waals surface area (Å²) in [5, 5.41) is 3.79. The molecule has 0 unspecified atom stereocenters. The number of pyridine rings is 1. The molecule has 31 heavy (non-hydrogen) atoms. The number of fused-ring (bicyclic) bond motifs is 1. The highest BCUT2D eigenvalue weighted by Crippen LogP contribution is 2.29. The second kappa shape index (κ2) is 9.30. The normalized spacial score (nSPS) is 10.6. The average Bonchev–Trinajstić information content (AvgIpc) is 2.80. The van der Waals surface area contributed by atoms with Crippen molar-refractivity contribution in [3.8, 4) is 22.8 Å². The molecule has 0 saturated heterocycles. The number of hydrogen-bond acceptors (Lipinski definition) is 4. The van der Waals surface area contributed by atoms with E-state index < -0.39 is 0 Å². The van der Waals surface area contributed by atoms with Crippen molar-refractivity contribution in [1.29, 1.82) is 0 Å². The third-order valence-electron chi connectivity index (χ3n) is 4.86. The third-order valence-corrected chi connectivity index (χ3v) is 4.86. The van der Waals surface area contributed by atoms with Gasteiger partial charge in [-0.25, -0.2) is 4.98 Å². The smallest absolute Gasteiger partial charge is 0.256 e. The molecule has 1 aromatic heterocycles. The fourth-order valence-electron chi connectivity index (χ4n) is 3.44. The van der Waals surface area contributed by atoms with E-state index in [-0.39, 0.29) is 5.91 Å². The number of amides is 1. The predicted octanol–water partition coefficient (Wildman–Crippen LogP) is 5.95. The van der Waals surface area contributed by atoms with Gasteiger partial charge in [-0.05, 0) is 62.4 Å². The van der Waals surface area contributed by atoms with Gasteiger partial charge in [0.15, 0.2) is 0 Å². The minimum Gasteiger partial charge on any atom is -0.494 e. The molecule has 4 aromatic rings. The summed E-state index contributed by atoms with van der Waals surface area (Å²) in [5.74, 6) is 1.24. The Morgan fingerprint density at radius 2 is 1.58 bits per heavy atom. The molecule has 0 aliphatic rings. The van der Waals surface area contributed by atoms with E-state index in [4.69, 9.17) is 14.5 Å². The Bertz CT molecular complexity index is 1200. The number of ether oxygens (including phenoxy) is 2. The summed E-state index contributed by atoms with van der Waals surface area (Å²) in [6.07, 6.45) is 0. The molecular weight excluding hydrogens is 388 g/mol. The Hall–Kier alpha value is -3.86. The van der Waals surface area contributed by atoms with Gasteiger partial charge < -0.3 is 14.8 Å². The first-order valence-electron chi connectivity index (χ1n) is 10.4. The molecule has 3 aromatic carbocycles. The highest BCUT2D eigenvalue weighted by atomic mass is 16.5. The maximum Gasteiger partial charge on any atom is 0.256 e. The zero-order valence-electron chi connectivity index (χ0n) is 17.6. The second-order valence-electron chi connectivity index (χ2n) is 6.91. The molecule has 4 rings (SSSR count). The van der Waals surface area contributed by atoms with Gasteiger partial charge in [0.05, 0.1) is 35.7 Å². The maximum atomic E-state index is 13.3. The second-order valence-corrected chi connectivity index (χ2v) is 6.91. The number of nitrogens with zero attached hydrogens (tertiary/aromatic N) is 1. The summed E-state index contributed by atoms with van der Waals surface area (Å²) in [6.45, 7) is 5.00. The van der Waals surface area contributed by atoms with E-state index in [0.717, 1.165) is 27.9 Å². The highest BCUT2D eigenvalue weighted by molar-refractivity contribution is 6.13. The first-order valence-corrected chi connectivity index (χ1v) is 10.4. The Labute approximate surface area is 181 Å². The maximum absolute atomic E-state index is 13.3. The van der Waals surface area contributed by atoms with E-state index in [1.54, 1.807) is 0 Å². The summed E-state index contributed by atoms with van der Waals surface area (Å²) in [6, 6.07) is 24.6. The van der Waals surface area contributed by atoms with Crippen molar-refractivity contribution in [3.05, 3.63) is 84.4 Å². The Morgan fingerprint density at radius 1 is 0.871 bits per heavy atom. The van der Waals surface area contributed by atoms with Crippen molar-refractivity contribution < 1.29 is 14.3 Å². The Balaban J connectivity index is 1.74. The summed E-state index contributed by atoms with van der Waals surface area (Å²) < 4.78 is 11.2. The van der Waals surface area contributed by atoms with E-state index in [0.29, 0.717) is 30.2 Å². The van der Waals surface area contributed by atoms with E-state index in [9.17, 15) is 4.79 Å². The van der Waals surface area contributed by atoms with E-state index >= 15 is 0 Å². The first kappa shape index (κ1) is 20.4. The quantitative estimate of drug-likeness (QED) is 0.407. The molecule has 1 amide bonds. The minimum absolute atomic E-state index is 0.210. The van der Waals surface area contributed by atoms with Gasteiger partial charge in [0, 0.05) is 10.9 Å². The van der Waals surface area contributed by atoms with E-state index in [1.165, 1.54) is 0 Å². The lowest BCUT2D eigenvalue weighted by molar-refractivity contribution is 0.102. The van der Waals surface area contributed by atoms with E-state index in [2.05, 4.69) is 5.32 Å². The number of benzene rings is 3. The van der Waals surface area contributed by atoms with Gasteiger partial charge in [-0.2, -0.15) is 0 Å². The standard InChI is InChI=1S/C26H24N2O3/c1-3-30-19-15-13-18(14-16-19)24-17-21(20-9-5-6-10-22(20)27-24)26(29)28-23-11-7-8-12-25(23)31-4-2/h5-17H,3-4H2,1-2H3,(H,28,29). The number of carbonyl (C=O) groups is 1. The number of rotatable bonds is 7. The number of anilines is 1. The van der Waals surface area contributed by atoms with Crippen LogP contribution in [0.25, 0.3) is 22.2 Å². The van der Waals surface area contributed by atoms with Crippen LogP contribution in [0, 0.1) is 0 Å². The van der Waals surface area contributed by atoms with Gasteiger partial charge in [-0.1, -0.05) is 30.3 Å². The Morgan fingerprint density at radius 3 is 2.35 bits per heavy atom. The van der Waals surface area contributed by atoms with Crippen molar-refractivity contribution in [2.45, 2.75) is 13.8 Å². The summed E-state index contributed by atoms with van der Waals surface area (Å²) in [4.78, 5) is 18.1. The monoisotopic (exact) mass is 412 g/mol. The lowest BCUT2D eigenvalue weighted by Crippen LogP contribution is -2.14. The van der Waals surface area contributed by atoms with Crippen LogP contribution in [0.5, 0.6) is 11.5 Å². The van der Waals surface area contributed by atoms with Crippen molar-refractivity contribution >= 4 is 22.5 Å². The summed E-state index contributed by atoms with van der Waals surface area (Å²) in [5.41, 5.74) is 3.60. The number of carbonyl (C=O) groups excluding carboxylic acids is 1. The van der Waals surface area contributed by atoms with Crippen molar-refractivity contribution in [3.63, 3.8) is 0 Å². The number of hydrogen-bond donors (Lipinski definition) is 1. The fourth-order valence-corrected chi connectivity index (χ4v) is 3.44. The van der Waals surface area contributed by atoms with Crippen LogP contribution in [-0.2, 0) is 0 Å². The number of para-hydroxylation sites is 3. The van der Waals surface area contributed by atoms with Crippen LogP contribution in [0.15, 0.2) is 78.9 Å².